The van der Waals surface area contributed by atoms with Gasteiger partial charge in [0.2, 0.25) is 0 Å². The Bertz CT molecular complexity index is 1140. The molecular weight excluding hydrogens is 420 g/mol. The van der Waals surface area contributed by atoms with Crippen molar-refractivity contribution >= 4 is 56.7 Å². The number of hydrogen-bond donors (Lipinski definition) is 2. The molecule has 8 heteroatoms. The van der Waals surface area contributed by atoms with Crippen molar-refractivity contribution in [3.8, 4) is 0 Å². The molecule has 1 aliphatic carbocycles. The Morgan fingerprint density at radius 2 is 1.90 bits per heavy atom. The van der Waals surface area contributed by atoms with Crippen LogP contribution in [0.5, 0.6) is 0 Å². The molecule has 0 fully saturated rings. The van der Waals surface area contributed by atoms with Gasteiger partial charge < -0.3 is 15.8 Å². The lowest BCUT2D eigenvalue weighted by atomic mass is 10.1. The van der Waals surface area contributed by atoms with Crippen molar-refractivity contribution in [3.05, 3.63) is 58.5 Å². The third-order valence-electron chi connectivity index (χ3n) is 4.86. The van der Waals surface area contributed by atoms with Gasteiger partial charge in [0.05, 0.1) is 11.3 Å². The normalized spacial score (nSPS) is 12.5. The highest BCUT2D eigenvalue weighted by molar-refractivity contribution is 8.00. The van der Waals surface area contributed by atoms with E-state index in [1.807, 2.05) is 42.5 Å². The first kappa shape index (κ1) is 20.4. The number of benzene rings is 2. The number of fused-ring (bicyclic) bond motifs is 2. The van der Waals surface area contributed by atoms with E-state index in [0.717, 1.165) is 45.4 Å². The Morgan fingerprint density at radius 3 is 2.70 bits per heavy atom. The summed E-state index contributed by atoms with van der Waals surface area (Å²) in [6, 6.07) is 14.0. The Morgan fingerprint density at radius 1 is 1.10 bits per heavy atom. The van der Waals surface area contributed by atoms with Crippen LogP contribution in [0.25, 0.3) is 10.8 Å². The van der Waals surface area contributed by atoms with Crippen LogP contribution in [-0.4, -0.2) is 30.1 Å². The zero-order valence-electron chi connectivity index (χ0n) is 16.1. The number of carbonyl (C=O) groups excluding carboxylic acids is 3. The number of aryl methyl sites for hydroxylation is 1. The van der Waals surface area contributed by atoms with Crippen molar-refractivity contribution in [1.29, 1.82) is 0 Å². The van der Waals surface area contributed by atoms with Crippen LogP contribution >= 0.6 is 23.1 Å². The molecule has 0 saturated heterocycles. The van der Waals surface area contributed by atoms with Gasteiger partial charge in [0.15, 0.2) is 6.61 Å². The molecule has 0 saturated carbocycles. The Labute approximate surface area is 181 Å². The Kier molecular flexibility index (Phi) is 6.06. The minimum Gasteiger partial charge on any atom is -0.455 e. The van der Waals surface area contributed by atoms with Crippen molar-refractivity contribution in [3.63, 3.8) is 0 Å². The van der Waals surface area contributed by atoms with Crippen molar-refractivity contribution in [2.75, 3.05) is 17.7 Å². The summed E-state index contributed by atoms with van der Waals surface area (Å²) in [5.74, 6) is -1.41. The molecule has 0 aliphatic heterocycles. The molecule has 3 N–H and O–H groups in total. The molecule has 1 aromatic heterocycles. The van der Waals surface area contributed by atoms with Crippen molar-refractivity contribution in [1.82, 2.24) is 0 Å². The summed E-state index contributed by atoms with van der Waals surface area (Å²) in [5.41, 5.74) is 6.81. The first-order valence-corrected chi connectivity index (χ1v) is 11.3. The van der Waals surface area contributed by atoms with Crippen LogP contribution in [0.3, 0.4) is 0 Å². The average Bonchev–Trinajstić information content (AvgIpc) is 3.31. The SMILES string of the molecule is NC(=O)c1c(NC(=O)COC(=O)CSc2ccc3ccccc3c2)sc2c1CCC2. The molecule has 4 rings (SSSR count). The summed E-state index contributed by atoms with van der Waals surface area (Å²) in [4.78, 5) is 38.1. The van der Waals surface area contributed by atoms with Gasteiger partial charge in [-0.25, -0.2) is 0 Å². The molecule has 0 bridgehead atoms. The number of nitrogens with two attached hydrogens (primary N) is 1. The summed E-state index contributed by atoms with van der Waals surface area (Å²) >= 11 is 2.73. The zero-order valence-corrected chi connectivity index (χ0v) is 17.7. The molecule has 1 heterocycles. The number of thioether (sulfide) groups is 1. The number of hydrogen-bond acceptors (Lipinski definition) is 6. The van der Waals surface area contributed by atoms with Crippen molar-refractivity contribution in [2.24, 2.45) is 5.73 Å². The maximum absolute atomic E-state index is 12.2. The van der Waals surface area contributed by atoms with E-state index in [-0.39, 0.29) is 5.75 Å². The number of primary amides is 1. The maximum Gasteiger partial charge on any atom is 0.316 e. The fraction of sp³-hybridized carbons (Fsp3) is 0.227. The molecule has 0 spiro atoms. The monoisotopic (exact) mass is 440 g/mol. The van der Waals surface area contributed by atoms with Crippen LogP contribution in [0, 0.1) is 0 Å². The topological polar surface area (TPSA) is 98.5 Å². The third kappa shape index (κ3) is 4.49. The van der Waals surface area contributed by atoms with E-state index in [9.17, 15) is 14.4 Å². The first-order valence-electron chi connectivity index (χ1n) is 9.52. The number of thiophene rings is 1. The van der Waals surface area contributed by atoms with Gasteiger partial charge in [-0.2, -0.15) is 0 Å². The lowest BCUT2D eigenvalue weighted by Gasteiger charge is -2.07. The van der Waals surface area contributed by atoms with Gasteiger partial charge in [-0.1, -0.05) is 30.3 Å². The Balaban J connectivity index is 1.29. The number of ether oxygens (including phenoxy) is 1. The molecule has 30 heavy (non-hydrogen) atoms. The van der Waals surface area contributed by atoms with Gasteiger partial charge in [-0.05, 0) is 47.7 Å². The van der Waals surface area contributed by atoms with Gasteiger partial charge in [-0.15, -0.1) is 23.1 Å². The molecule has 1 aliphatic rings. The molecule has 0 radical (unpaired) electrons. The second kappa shape index (κ2) is 8.89. The zero-order chi connectivity index (χ0) is 21.1. The number of nitrogens with one attached hydrogen (secondary N) is 1. The van der Waals surface area contributed by atoms with E-state index in [0.29, 0.717) is 10.6 Å². The van der Waals surface area contributed by atoms with Crippen LogP contribution < -0.4 is 11.1 Å². The molecule has 154 valence electrons. The maximum atomic E-state index is 12.2. The number of carbonyl (C=O) groups is 3. The minimum absolute atomic E-state index is 0.103. The van der Waals surface area contributed by atoms with Gasteiger partial charge in [0.25, 0.3) is 11.8 Å². The summed E-state index contributed by atoms with van der Waals surface area (Å²) in [7, 11) is 0. The molecule has 3 aromatic rings. The molecule has 6 nitrogen and oxygen atoms in total. The second-order valence-corrected chi connectivity index (χ2v) is 9.09. The van der Waals surface area contributed by atoms with E-state index >= 15 is 0 Å². The average molecular weight is 441 g/mol. The van der Waals surface area contributed by atoms with Gasteiger partial charge in [0, 0.05) is 9.77 Å². The van der Waals surface area contributed by atoms with Crippen LogP contribution in [0.4, 0.5) is 5.00 Å². The van der Waals surface area contributed by atoms with Crippen molar-refractivity contribution < 1.29 is 19.1 Å². The molecule has 0 unspecified atom stereocenters. The van der Waals surface area contributed by atoms with Crippen LogP contribution in [0.1, 0.15) is 27.2 Å². The van der Waals surface area contributed by atoms with Gasteiger partial charge >= 0.3 is 5.97 Å². The fourth-order valence-electron chi connectivity index (χ4n) is 3.50. The van der Waals surface area contributed by atoms with E-state index in [4.69, 9.17) is 10.5 Å². The largest absolute Gasteiger partial charge is 0.455 e. The number of amides is 2. The highest BCUT2D eigenvalue weighted by atomic mass is 32.2. The summed E-state index contributed by atoms with van der Waals surface area (Å²) in [5, 5.41) is 5.34. The first-order chi connectivity index (χ1) is 14.5. The molecule has 2 aromatic carbocycles. The van der Waals surface area contributed by atoms with E-state index in [2.05, 4.69) is 5.32 Å². The summed E-state index contributed by atoms with van der Waals surface area (Å²) in [6.45, 7) is -0.405. The van der Waals surface area contributed by atoms with E-state index < -0.39 is 24.4 Å². The van der Waals surface area contributed by atoms with Crippen molar-refractivity contribution in [2.45, 2.75) is 24.2 Å². The van der Waals surface area contributed by atoms with Crippen LogP contribution in [-0.2, 0) is 27.2 Å². The highest BCUT2D eigenvalue weighted by Crippen LogP contribution is 2.38. The minimum atomic E-state index is -0.548. The van der Waals surface area contributed by atoms with E-state index in [1.165, 1.54) is 23.1 Å². The second-order valence-electron chi connectivity index (χ2n) is 6.93. The fourth-order valence-corrected chi connectivity index (χ4v) is 5.56. The van der Waals surface area contributed by atoms with Gasteiger partial charge in [-0.3, -0.25) is 14.4 Å². The lowest BCUT2D eigenvalue weighted by Crippen LogP contribution is -2.23. The number of rotatable bonds is 7. The van der Waals surface area contributed by atoms with Crippen LogP contribution in [0.2, 0.25) is 0 Å². The van der Waals surface area contributed by atoms with Crippen LogP contribution in [0.15, 0.2) is 47.4 Å². The Hall–Kier alpha value is -2.84. The molecular formula is C22H20N2O4S2. The standard InChI is InChI=1S/C22H20N2O4S2/c23-21(27)20-16-6-3-7-17(16)30-22(20)24-18(25)11-28-19(26)12-29-15-9-8-13-4-1-2-5-14(13)10-15/h1-2,4-5,8-10H,3,6-7,11-12H2,(H2,23,27)(H,24,25). The van der Waals surface area contributed by atoms with E-state index in [1.54, 1.807) is 0 Å². The number of esters is 1. The molecule has 0 atom stereocenters. The summed E-state index contributed by atoms with van der Waals surface area (Å²) < 4.78 is 5.08. The lowest BCUT2D eigenvalue weighted by molar-refractivity contribution is -0.144. The third-order valence-corrected chi connectivity index (χ3v) is 7.04. The number of anilines is 1. The quantitative estimate of drug-likeness (QED) is 0.431. The molecule has 2 amide bonds. The smallest absolute Gasteiger partial charge is 0.316 e. The van der Waals surface area contributed by atoms with Gasteiger partial charge in [0.1, 0.15) is 5.00 Å². The predicted octanol–water partition coefficient (Wildman–Crippen LogP) is 3.76. The highest BCUT2D eigenvalue weighted by Gasteiger charge is 2.26. The predicted molar refractivity (Wildman–Crippen MR) is 119 cm³/mol. The summed E-state index contributed by atoms with van der Waals surface area (Å²) in [6.07, 6.45) is 2.67.